The first-order valence-corrected chi connectivity index (χ1v) is 8.55. The Morgan fingerprint density at radius 1 is 1.26 bits per heavy atom. The quantitative estimate of drug-likeness (QED) is 0.940. The van der Waals surface area contributed by atoms with E-state index in [0.717, 1.165) is 12.1 Å². The summed E-state index contributed by atoms with van der Waals surface area (Å²) in [6.45, 7) is 5.32. The number of rotatable bonds is 4. The van der Waals surface area contributed by atoms with Gasteiger partial charge < -0.3 is 14.5 Å². The van der Waals surface area contributed by atoms with E-state index in [1.165, 1.54) is 25.9 Å². The fourth-order valence-electron chi connectivity index (χ4n) is 4.00. The fourth-order valence-corrected chi connectivity index (χ4v) is 4.00. The Balaban J connectivity index is 1.64. The van der Waals surface area contributed by atoms with Crippen LogP contribution in [-0.2, 0) is 5.60 Å². The van der Waals surface area contributed by atoms with Gasteiger partial charge in [0.15, 0.2) is 5.60 Å². The van der Waals surface area contributed by atoms with Crippen molar-refractivity contribution in [3.8, 4) is 0 Å². The second-order valence-electron chi connectivity index (χ2n) is 6.78. The number of hydrogen-bond acceptors (Lipinski definition) is 5. The summed E-state index contributed by atoms with van der Waals surface area (Å²) in [4.78, 5) is 7.09. The van der Waals surface area contributed by atoms with E-state index in [0.29, 0.717) is 30.0 Å². The molecule has 1 aromatic carbocycles. The molecule has 0 saturated carbocycles. The van der Waals surface area contributed by atoms with Gasteiger partial charge in [0.2, 0.25) is 11.7 Å². The van der Waals surface area contributed by atoms with Crippen LogP contribution < -0.4 is 0 Å². The number of piperidine rings is 3. The first-order chi connectivity index (χ1) is 11.2. The molecule has 1 aromatic heterocycles. The Hall–Kier alpha value is -1.72. The molecule has 5 rings (SSSR count). The van der Waals surface area contributed by atoms with Crippen LogP contribution in [0.15, 0.2) is 34.9 Å². The molecule has 122 valence electrons. The minimum Gasteiger partial charge on any atom is -0.377 e. The maximum atomic E-state index is 11.1. The second-order valence-corrected chi connectivity index (χ2v) is 6.78. The molecule has 3 aliphatic heterocycles. The van der Waals surface area contributed by atoms with E-state index in [9.17, 15) is 5.11 Å². The molecule has 5 heteroatoms. The van der Waals surface area contributed by atoms with Crippen LogP contribution in [0.2, 0.25) is 0 Å². The molecule has 0 amide bonds. The number of benzene rings is 1. The predicted octanol–water partition coefficient (Wildman–Crippen LogP) is 2.52. The zero-order valence-corrected chi connectivity index (χ0v) is 13.5. The maximum Gasteiger partial charge on any atom is 0.231 e. The Bertz CT molecular complexity index is 664. The molecule has 2 bridgehead atoms. The zero-order valence-electron chi connectivity index (χ0n) is 13.5. The van der Waals surface area contributed by atoms with E-state index in [1.807, 2.05) is 37.3 Å². The largest absolute Gasteiger partial charge is 0.377 e. The molecule has 2 unspecified atom stereocenters. The summed E-state index contributed by atoms with van der Waals surface area (Å²) >= 11 is 0. The van der Waals surface area contributed by atoms with Crippen molar-refractivity contribution in [1.29, 1.82) is 0 Å². The standard InChI is InChI=1S/C18H23N3O2/c1-2-18(22,14-6-4-3-5-7-14)17-19-16(23-20-17)15-12-21-10-8-13(15)9-11-21/h3-7,13,15,22H,2,8-12H2,1H3. The van der Waals surface area contributed by atoms with Gasteiger partial charge in [-0.2, -0.15) is 4.98 Å². The topological polar surface area (TPSA) is 62.4 Å². The average molecular weight is 313 g/mol. The lowest BCUT2D eigenvalue weighted by Gasteiger charge is -2.43. The summed E-state index contributed by atoms with van der Waals surface area (Å²) in [5, 5.41) is 15.3. The van der Waals surface area contributed by atoms with Crippen LogP contribution in [0, 0.1) is 5.92 Å². The third kappa shape index (κ3) is 2.48. The molecule has 3 aliphatic rings. The second kappa shape index (κ2) is 5.73. The van der Waals surface area contributed by atoms with Crippen LogP contribution in [0.5, 0.6) is 0 Å². The highest BCUT2D eigenvalue weighted by Gasteiger charge is 2.40. The van der Waals surface area contributed by atoms with E-state index in [2.05, 4.69) is 15.0 Å². The molecule has 5 nitrogen and oxygen atoms in total. The predicted molar refractivity (Wildman–Crippen MR) is 85.9 cm³/mol. The van der Waals surface area contributed by atoms with E-state index >= 15 is 0 Å². The lowest BCUT2D eigenvalue weighted by molar-refractivity contribution is 0.0641. The number of nitrogens with zero attached hydrogens (tertiary/aromatic N) is 3. The summed E-state index contributed by atoms with van der Waals surface area (Å²) in [5.74, 6) is 2.03. The average Bonchev–Trinajstić information content (AvgIpc) is 3.13. The summed E-state index contributed by atoms with van der Waals surface area (Å²) in [5.41, 5.74) is -0.375. The van der Waals surface area contributed by atoms with Gasteiger partial charge in [-0.05, 0) is 43.8 Å². The van der Waals surface area contributed by atoms with E-state index < -0.39 is 5.60 Å². The van der Waals surface area contributed by atoms with Gasteiger partial charge >= 0.3 is 0 Å². The number of fused-ring (bicyclic) bond motifs is 3. The van der Waals surface area contributed by atoms with Crippen molar-refractivity contribution in [2.45, 2.75) is 37.7 Å². The van der Waals surface area contributed by atoms with Crippen molar-refractivity contribution in [3.63, 3.8) is 0 Å². The monoisotopic (exact) mass is 313 g/mol. The fraction of sp³-hybridized carbons (Fsp3) is 0.556. The van der Waals surface area contributed by atoms with Gasteiger partial charge in [-0.25, -0.2) is 0 Å². The van der Waals surface area contributed by atoms with Crippen molar-refractivity contribution < 1.29 is 9.63 Å². The van der Waals surface area contributed by atoms with E-state index in [4.69, 9.17) is 4.52 Å². The third-order valence-electron chi connectivity index (χ3n) is 5.55. The Kier molecular flexibility index (Phi) is 3.70. The molecule has 1 N–H and O–H groups in total. The summed E-state index contributed by atoms with van der Waals surface area (Å²) in [6.07, 6.45) is 2.93. The molecular weight excluding hydrogens is 290 g/mol. The van der Waals surface area contributed by atoms with Crippen LogP contribution >= 0.6 is 0 Å². The van der Waals surface area contributed by atoms with E-state index in [1.54, 1.807) is 0 Å². The summed E-state index contributed by atoms with van der Waals surface area (Å²) < 4.78 is 5.58. The van der Waals surface area contributed by atoms with Gasteiger partial charge in [0.05, 0.1) is 5.92 Å². The Morgan fingerprint density at radius 3 is 2.61 bits per heavy atom. The minimum atomic E-state index is -1.18. The highest BCUT2D eigenvalue weighted by atomic mass is 16.5. The lowest BCUT2D eigenvalue weighted by atomic mass is 9.79. The molecule has 3 saturated heterocycles. The van der Waals surface area contributed by atoms with Gasteiger partial charge in [-0.3, -0.25) is 0 Å². The van der Waals surface area contributed by atoms with Gasteiger partial charge in [0.1, 0.15) is 0 Å². The van der Waals surface area contributed by atoms with Crippen LogP contribution in [0.25, 0.3) is 0 Å². The van der Waals surface area contributed by atoms with E-state index in [-0.39, 0.29) is 0 Å². The van der Waals surface area contributed by atoms with Crippen LogP contribution in [0.4, 0.5) is 0 Å². The van der Waals surface area contributed by atoms with Crippen molar-refractivity contribution in [2.75, 3.05) is 19.6 Å². The summed E-state index contributed by atoms with van der Waals surface area (Å²) in [7, 11) is 0. The van der Waals surface area contributed by atoms with Crippen molar-refractivity contribution in [1.82, 2.24) is 15.0 Å². The lowest BCUT2D eigenvalue weighted by Crippen LogP contribution is -2.46. The molecule has 0 spiro atoms. The Labute approximate surface area is 136 Å². The minimum absolute atomic E-state index is 0.315. The molecule has 0 radical (unpaired) electrons. The van der Waals surface area contributed by atoms with Gasteiger partial charge in [0.25, 0.3) is 0 Å². The van der Waals surface area contributed by atoms with Gasteiger partial charge in [-0.15, -0.1) is 0 Å². The maximum absolute atomic E-state index is 11.1. The SMILES string of the molecule is CCC(O)(c1ccccc1)c1noc(C2CN3CCC2CC3)n1. The zero-order chi connectivity index (χ0) is 15.9. The van der Waals surface area contributed by atoms with Crippen LogP contribution in [-0.4, -0.2) is 39.8 Å². The van der Waals surface area contributed by atoms with Crippen LogP contribution in [0.3, 0.4) is 0 Å². The molecular formula is C18H23N3O2. The first kappa shape index (κ1) is 14.8. The normalized spacial score (nSPS) is 29.4. The third-order valence-corrected chi connectivity index (χ3v) is 5.55. The highest BCUT2D eigenvalue weighted by Crippen LogP contribution is 2.39. The highest BCUT2D eigenvalue weighted by molar-refractivity contribution is 5.28. The van der Waals surface area contributed by atoms with Crippen molar-refractivity contribution in [3.05, 3.63) is 47.6 Å². The van der Waals surface area contributed by atoms with Crippen LogP contribution in [0.1, 0.15) is 49.4 Å². The number of aromatic nitrogens is 2. The molecule has 3 fully saturated rings. The van der Waals surface area contributed by atoms with Crippen molar-refractivity contribution in [2.24, 2.45) is 5.92 Å². The summed E-state index contributed by atoms with van der Waals surface area (Å²) in [6, 6.07) is 9.60. The Morgan fingerprint density at radius 2 is 2.00 bits per heavy atom. The molecule has 23 heavy (non-hydrogen) atoms. The van der Waals surface area contributed by atoms with Gasteiger partial charge in [-0.1, -0.05) is 42.4 Å². The number of hydrogen-bond donors (Lipinski definition) is 1. The first-order valence-electron chi connectivity index (χ1n) is 8.55. The van der Waals surface area contributed by atoms with Gasteiger partial charge in [0, 0.05) is 6.54 Å². The molecule has 2 atom stereocenters. The molecule has 2 aromatic rings. The molecule has 4 heterocycles. The number of aliphatic hydroxyl groups is 1. The van der Waals surface area contributed by atoms with Crippen molar-refractivity contribution >= 4 is 0 Å². The molecule has 0 aliphatic carbocycles. The smallest absolute Gasteiger partial charge is 0.231 e.